The number of hydrogen-bond donors (Lipinski definition) is 0. The zero-order valence-corrected chi connectivity index (χ0v) is 8.93. The molecule has 0 N–H and O–H groups in total. The number of rotatable bonds is 3. The van der Waals surface area contributed by atoms with Crippen LogP contribution in [0.2, 0.25) is 5.02 Å². The van der Waals surface area contributed by atoms with Crippen LogP contribution in [0.25, 0.3) is 0 Å². The molecule has 0 aliphatic heterocycles. The molecular formula is C12H15Cl. The summed E-state index contributed by atoms with van der Waals surface area (Å²) < 4.78 is 0. The van der Waals surface area contributed by atoms with Crippen LogP contribution in [0, 0.1) is 6.92 Å². The summed E-state index contributed by atoms with van der Waals surface area (Å²) in [5.74, 6) is 0.382. The van der Waals surface area contributed by atoms with E-state index in [0.717, 1.165) is 17.0 Å². The first kappa shape index (κ1) is 10.3. The molecule has 0 saturated heterocycles. The SMILES string of the molecule is C=CC(CC)c1cccc(C)c1Cl. The van der Waals surface area contributed by atoms with Crippen molar-refractivity contribution >= 4 is 11.6 Å². The molecule has 70 valence electrons. The molecule has 0 aliphatic rings. The van der Waals surface area contributed by atoms with Crippen molar-refractivity contribution < 1.29 is 0 Å². The van der Waals surface area contributed by atoms with Crippen molar-refractivity contribution in [3.05, 3.63) is 47.0 Å². The predicted octanol–water partition coefficient (Wildman–Crippen LogP) is 4.33. The van der Waals surface area contributed by atoms with Crippen LogP contribution in [0.4, 0.5) is 0 Å². The lowest BCUT2D eigenvalue weighted by Gasteiger charge is -2.13. The largest absolute Gasteiger partial charge is 0.102 e. The molecule has 1 aromatic carbocycles. The van der Waals surface area contributed by atoms with Gasteiger partial charge < -0.3 is 0 Å². The highest BCUT2D eigenvalue weighted by Crippen LogP contribution is 2.29. The molecule has 0 fully saturated rings. The minimum atomic E-state index is 0.382. The molecule has 1 atom stereocenters. The van der Waals surface area contributed by atoms with E-state index in [1.807, 2.05) is 25.1 Å². The Labute approximate surface area is 85.2 Å². The van der Waals surface area contributed by atoms with Crippen LogP contribution in [0.3, 0.4) is 0 Å². The number of aryl methyl sites for hydroxylation is 1. The minimum absolute atomic E-state index is 0.382. The highest BCUT2D eigenvalue weighted by Gasteiger charge is 2.09. The van der Waals surface area contributed by atoms with Crippen LogP contribution < -0.4 is 0 Å². The lowest BCUT2D eigenvalue weighted by Crippen LogP contribution is -1.94. The summed E-state index contributed by atoms with van der Waals surface area (Å²) in [7, 11) is 0. The molecule has 1 unspecified atom stereocenters. The first-order chi connectivity index (χ1) is 6.20. The van der Waals surface area contributed by atoms with Gasteiger partial charge in [0.2, 0.25) is 0 Å². The van der Waals surface area contributed by atoms with Gasteiger partial charge in [-0.05, 0) is 24.5 Å². The molecule has 0 nitrogen and oxygen atoms in total. The Bertz CT molecular complexity index is 302. The number of allylic oxidation sites excluding steroid dienone is 1. The topological polar surface area (TPSA) is 0 Å². The Morgan fingerprint density at radius 2 is 2.23 bits per heavy atom. The van der Waals surface area contributed by atoms with E-state index in [9.17, 15) is 0 Å². The van der Waals surface area contributed by atoms with Crippen molar-refractivity contribution in [2.75, 3.05) is 0 Å². The Morgan fingerprint density at radius 1 is 1.54 bits per heavy atom. The van der Waals surface area contributed by atoms with Gasteiger partial charge in [0.25, 0.3) is 0 Å². The maximum atomic E-state index is 6.20. The molecule has 0 radical (unpaired) electrons. The minimum Gasteiger partial charge on any atom is -0.102 e. The van der Waals surface area contributed by atoms with E-state index in [1.54, 1.807) is 0 Å². The molecule has 0 aliphatic carbocycles. The second-order valence-electron chi connectivity index (χ2n) is 3.23. The Kier molecular flexibility index (Phi) is 3.56. The van der Waals surface area contributed by atoms with Crippen molar-refractivity contribution in [2.45, 2.75) is 26.2 Å². The van der Waals surface area contributed by atoms with Gasteiger partial charge in [-0.25, -0.2) is 0 Å². The van der Waals surface area contributed by atoms with Gasteiger partial charge in [-0.1, -0.05) is 42.8 Å². The summed E-state index contributed by atoms with van der Waals surface area (Å²) in [4.78, 5) is 0. The second kappa shape index (κ2) is 4.48. The van der Waals surface area contributed by atoms with E-state index in [1.165, 1.54) is 5.56 Å². The summed E-state index contributed by atoms with van der Waals surface area (Å²) >= 11 is 6.20. The molecule has 1 heteroatoms. The zero-order chi connectivity index (χ0) is 9.84. The summed E-state index contributed by atoms with van der Waals surface area (Å²) in [5.41, 5.74) is 2.33. The fourth-order valence-corrected chi connectivity index (χ4v) is 1.74. The average molecular weight is 195 g/mol. The molecule has 0 spiro atoms. The molecule has 0 saturated carbocycles. The van der Waals surface area contributed by atoms with E-state index in [0.29, 0.717) is 5.92 Å². The van der Waals surface area contributed by atoms with E-state index >= 15 is 0 Å². The van der Waals surface area contributed by atoms with Crippen molar-refractivity contribution in [3.8, 4) is 0 Å². The maximum Gasteiger partial charge on any atom is 0.0473 e. The third-order valence-electron chi connectivity index (χ3n) is 2.35. The van der Waals surface area contributed by atoms with Gasteiger partial charge in [-0.2, -0.15) is 0 Å². The summed E-state index contributed by atoms with van der Waals surface area (Å²) in [6.07, 6.45) is 3.01. The Balaban J connectivity index is 3.13. The normalized spacial score (nSPS) is 12.5. The van der Waals surface area contributed by atoms with Gasteiger partial charge >= 0.3 is 0 Å². The third kappa shape index (κ3) is 2.13. The molecule has 1 rings (SSSR count). The number of benzene rings is 1. The summed E-state index contributed by atoms with van der Waals surface area (Å²) in [6, 6.07) is 6.15. The van der Waals surface area contributed by atoms with Crippen molar-refractivity contribution in [2.24, 2.45) is 0 Å². The van der Waals surface area contributed by atoms with Crippen LogP contribution in [-0.4, -0.2) is 0 Å². The predicted molar refractivity (Wildman–Crippen MR) is 59.4 cm³/mol. The highest BCUT2D eigenvalue weighted by atomic mass is 35.5. The van der Waals surface area contributed by atoms with E-state index in [4.69, 9.17) is 11.6 Å². The van der Waals surface area contributed by atoms with Crippen LogP contribution in [0.15, 0.2) is 30.9 Å². The molecule has 0 amide bonds. The number of halogens is 1. The summed E-state index contributed by atoms with van der Waals surface area (Å²) in [5, 5.41) is 0.884. The first-order valence-electron chi connectivity index (χ1n) is 4.58. The second-order valence-corrected chi connectivity index (χ2v) is 3.61. The fourth-order valence-electron chi connectivity index (χ4n) is 1.47. The highest BCUT2D eigenvalue weighted by molar-refractivity contribution is 6.32. The van der Waals surface area contributed by atoms with Crippen molar-refractivity contribution in [1.82, 2.24) is 0 Å². The van der Waals surface area contributed by atoms with Gasteiger partial charge in [0, 0.05) is 10.9 Å². The quantitative estimate of drug-likeness (QED) is 0.629. The van der Waals surface area contributed by atoms with Gasteiger partial charge in [0.05, 0.1) is 0 Å². The van der Waals surface area contributed by atoms with Gasteiger partial charge in [0.15, 0.2) is 0 Å². The average Bonchev–Trinajstić information content (AvgIpc) is 2.14. The van der Waals surface area contributed by atoms with Gasteiger partial charge in [0.1, 0.15) is 0 Å². The molecule has 0 aromatic heterocycles. The van der Waals surface area contributed by atoms with Gasteiger partial charge in [-0.3, -0.25) is 0 Å². The standard InChI is InChI=1S/C12H15Cl/c1-4-10(5-2)11-8-6-7-9(3)12(11)13/h4,6-8,10H,1,5H2,2-3H3. The van der Waals surface area contributed by atoms with E-state index in [2.05, 4.69) is 19.6 Å². The Hall–Kier alpha value is -0.750. The monoisotopic (exact) mass is 194 g/mol. The van der Waals surface area contributed by atoms with Crippen LogP contribution >= 0.6 is 11.6 Å². The molecule has 0 bridgehead atoms. The molecule has 13 heavy (non-hydrogen) atoms. The molecule has 0 heterocycles. The van der Waals surface area contributed by atoms with Gasteiger partial charge in [-0.15, -0.1) is 6.58 Å². The maximum absolute atomic E-state index is 6.20. The van der Waals surface area contributed by atoms with E-state index < -0.39 is 0 Å². The lowest BCUT2D eigenvalue weighted by atomic mass is 9.95. The summed E-state index contributed by atoms with van der Waals surface area (Å²) in [6.45, 7) is 7.99. The van der Waals surface area contributed by atoms with Crippen LogP contribution in [0.1, 0.15) is 30.4 Å². The van der Waals surface area contributed by atoms with E-state index in [-0.39, 0.29) is 0 Å². The van der Waals surface area contributed by atoms with Crippen LogP contribution in [-0.2, 0) is 0 Å². The molecular weight excluding hydrogens is 180 g/mol. The third-order valence-corrected chi connectivity index (χ3v) is 2.86. The zero-order valence-electron chi connectivity index (χ0n) is 8.18. The Morgan fingerprint density at radius 3 is 2.77 bits per heavy atom. The van der Waals surface area contributed by atoms with Crippen molar-refractivity contribution in [1.29, 1.82) is 0 Å². The number of hydrogen-bond acceptors (Lipinski definition) is 0. The fraction of sp³-hybridized carbons (Fsp3) is 0.333. The first-order valence-corrected chi connectivity index (χ1v) is 4.96. The van der Waals surface area contributed by atoms with Crippen LogP contribution in [0.5, 0.6) is 0 Å². The lowest BCUT2D eigenvalue weighted by molar-refractivity contribution is 0.806. The molecule has 1 aromatic rings. The van der Waals surface area contributed by atoms with Crippen molar-refractivity contribution in [3.63, 3.8) is 0 Å². The smallest absolute Gasteiger partial charge is 0.0473 e.